The third-order valence-electron chi connectivity index (χ3n) is 6.88. The molecular formula is C34H60K2O16S2. The first-order valence-electron chi connectivity index (χ1n) is 17.7. The molecule has 0 aromatic heterocycles. The second-order valence-electron chi connectivity index (χ2n) is 12.4. The number of benzene rings is 1. The molecule has 306 valence electrons. The average Bonchev–Trinajstić information content (AvgIpc) is 3.06. The Kier molecular flexibility index (Phi) is 38.9. The maximum absolute atomic E-state index is 10.5. The molecule has 0 saturated heterocycles. The monoisotopic (exact) mass is 866 g/mol. The number of ether oxygens (including phenoxy) is 10. The molecule has 0 radical (unpaired) electrons. The molecule has 0 aliphatic heterocycles. The summed E-state index contributed by atoms with van der Waals surface area (Å²) >= 11 is 0. The van der Waals surface area contributed by atoms with Crippen molar-refractivity contribution in [3.05, 3.63) is 23.8 Å². The van der Waals surface area contributed by atoms with Crippen LogP contribution < -0.4 is 112 Å². The molecule has 20 heteroatoms. The largest absolute Gasteiger partial charge is 1.00 e. The summed E-state index contributed by atoms with van der Waals surface area (Å²) < 4.78 is 119. The first-order chi connectivity index (χ1) is 24.8. The number of unbranched alkanes of at least 4 members (excludes halogenated alkanes) is 2. The molecule has 0 amide bonds. The third kappa shape index (κ3) is 37.8. The predicted molar refractivity (Wildman–Crippen MR) is 190 cm³/mol. The van der Waals surface area contributed by atoms with Crippen LogP contribution in [0.15, 0.2) is 18.2 Å². The van der Waals surface area contributed by atoms with Crippen molar-refractivity contribution < 1.29 is 176 Å². The van der Waals surface area contributed by atoms with Gasteiger partial charge in [-0.1, -0.05) is 26.8 Å². The van der Waals surface area contributed by atoms with E-state index >= 15 is 0 Å². The fourth-order valence-electron chi connectivity index (χ4n) is 4.12. The van der Waals surface area contributed by atoms with Crippen LogP contribution in [0, 0.1) is 0 Å². The molecule has 16 nitrogen and oxygen atoms in total. The van der Waals surface area contributed by atoms with Gasteiger partial charge in [0.1, 0.15) is 13.2 Å². The zero-order chi connectivity index (χ0) is 38.4. The van der Waals surface area contributed by atoms with E-state index in [-0.39, 0.29) is 120 Å². The zero-order valence-electron chi connectivity index (χ0n) is 33.1. The van der Waals surface area contributed by atoms with Crippen molar-refractivity contribution in [2.75, 3.05) is 130 Å². The SMILES string of the molecule is CC(C)(C)c1ccc(OCCOCCOCCOCCOCCCCS(=O)(=O)[O-])c(OCCOCCOCCOCCOCCCCS(=O)(=O)[O-])c1.[K+].[K+]. The van der Waals surface area contributed by atoms with E-state index in [4.69, 9.17) is 47.4 Å². The van der Waals surface area contributed by atoms with Gasteiger partial charge in [-0.05, 0) is 48.8 Å². The molecule has 1 rings (SSSR count). The van der Waals surface area contributed by atoms with Crippen LogP contribution in [0.25, 0.3) is 0 Å². The summed E-state index contributed by atoms with van der Waals surface area (Å²) in [6.07, 6.45) is 1.60. The topological polar surface area (TPSA) is 207 Å². The van der Waals surface area contributed by atoms with Crippen LogP contribution in [0.1, 0.15) is 52.0 Å². The normalized spacial score (nSPS) is 11.9. The van der Waals surface area contributed by atoms with Gasteiger partial charge in [0.2, 0.25) is 0 Å². The van der Waals surface area contributed by atoms with Crippen molar-refractivity contribution in [2.24, 2.45) is 0 Å². The van der Waals surface area contributed by atoms with E-state index < -0.39 is 20.2 Å². The first-order valence-corrected chi connectivity index (χ1v) is 20.8. The minimum Gasteiger partial charge on any atom is -0.748 e. The quantitative estimate of drug-likeness (QED) is 0.0365. The van der Waals surface area contributed by atoms with Gasteiger partial charge >= 0.3 is 103 Å². The molecule has 0 N–H and O–H groups in total. The Morgan fingerprint density at radius 3 is 1.06 bits per heavy atom. The van der Waals surface area contributed by atoms with Gasteiger partial charge in [0.15, 0.2) is 11.5 Å². The molecular weight excluding hydrogens is 807 g/mol. The van der Waals surface area contributed by atoms with Crippen LogP contribution in [-0.4, -0.2) is 156 Å². The van der Waals surface area contributed by atoms with Crippen molar-refractivity contribution in [3.8, 4) is 11.5 Å². The van der Waals surface area contributed by atoms with E-state index in [1.54, 1.807) is 0 Å². The maximum atomic E-state index is 10.5. The van der Waals surface area contributed by atoms with Crippen LogP contribution in [-0.2, 0) is 63.5 Å². The Morgan fingerprint density at radius 1 is 0.444 bits per heavy atom. The van der Waals surface area contributed by atoms with Gasteiger partial charge in [-0.3, -0.25) is 0 Å². The third-order valence-corrected chi connectivity index (χ3v) is 8.46. The minimum atomic E-state index is -4.16. The summed E-state index contributed by atoms with van der Waals surface area (Å²) in [4.78, 5) is 0. The van der Waals surface area contributed by atoms with E-state index in [0.29, 0.717) is 156 Å². The van der Waals surface area contributed by atoms with Crippen LogP contribution in [0.5, 0.6) is 11.5 Å². The molecule has 0 fully saturated rings. The van der Waals surface area contributed by atoms with E-state index in [2.05, 4.69) is 20.8 Å². The number of hydrogen-bond acceptors (Lipinski definition) is 16. The summed E-state index contributed by atoms with van der Waals surface area (Å²) in [5, 5.41) is 0. The zero-order valence-corrected chi connectivity index (χ0v) is 40.9. The Morgan fingerprint density at radius 2 is 0.741 bits per heavy atom. The Labute approximate surface area is 408 Å². The molecule has 54 heavy (non-hydrogen) atoms. The molecule has 0 saturated carbocycles. The molecule has 1 aromatic carbocycles. The molecule has 0 heterocycles. The van der Waals surface area contributed by atoms with Crippen molar-refractivity contribution in [1.82, 2.24) is 0 Å². The van der Waals surface area contributed by atoms with Gasteiger partial charge in [0, 0.05) is 24.7 Å². The summed E-state index contributed by atoms with van der Waals surface area (Å²) in [7, 11) is -8.32. The second-order valence-corrected chi connectivity index (χ2v) is 15.5. The maximum Gasteiger partial charge on any atom is 1.00 e. The van der Waals surface area contributed by atoms with Gasteiger partial charge in [0.05, 0.1) is 113 Å². The first kappa shape index (κ1) is 57.7. The Hall–Kier alpha value is 1.59. The van der Waals surface area contributed by atoms with Gasteiger partial charge < -0.3 is 56.5 Å². The molecule has 1 aromatic rings. The molecule has 0 bridgehead atoms. The number of rotatable bonds is 36. The predicted octanol–water partition coefficient (Wildman–Crippen LogP) is -3.47. The second kappa shape index (κ2) is 36.4. The van der Waals surface area contributed by atoms with Gasteiger partial charge in [-0.25, -0.2) is 16.8 Å². The van der Waals surface area contributed by atoms with Crippen molar-refractivity contribution in [2.45, 2.75) is 51.9 Å². The van der Waals surface area contributed by atoms with Crippen LogP contribution >= 0.6 is 0 Å². The van der Waals surface area contributed by atoms with Gasteiger partial charge in [-0.2, -0.15) is 0 Å². The van der Waals surface area contributed by atoms with E-state index in [0.717, 1.165) is 5.56 Å². The molecule has 0 aliphatic rings. The van der Waals surface area contributed by atoms with Crippen molar-refractivity contribution in [3.63, 3.8) is 0 Å². The Balaban J connectivity index is 0. The Bertz CT molecular complexity index is 1230. The molecule has 0 aliphatic carbocycles. The standard InChI is InChI=1S/C34H62O16S2.2K/c1-34(2,3)31-8-9-32(49-26-24-47-22-20-45-18-16-43-14-12-41-10-4-6-28-51(35,36)37)33(30-31)50-27-25-48-23-21-46-19-17-44-15-13-42-11-5-7-29-52(38,39)40;;/h8-9,30H,4-7,10-29H2,1-3H3,(H,35,36,37)(H,38,39,40);;/q;2*+1/p-2. The van der Waals surface area contributed by atoms with Crippen molar-refractivity contribution in [1.29, 1.82) is 0 Å². The summed E-state index contributed by atoms with van der Waals surface area (Å²) in [5.74, 6) is 0.516. The summed E-state index contributed by atoms with van der Waals surface area (Å²) in [6.45, 7) is 13.4. The fraction of sp³-hybridized carbons (Fsp3) is 0.824. The van der Waals surface area contributed by atoms with E-state index in [9.17, 15) is 25.9 Å². The van der Waals surface area contributed by atoms with Crippen molar-refractivity contribution >= 4 is 20.2 Å². The van der Waals surface area contributed by atoms with E-state index in [1.165, 1.54) is 0 Å². The summed E-state index contributed by atoms with van der Waals surface area (Å²) in [6, 6.07) is 5.91. The minimum absolute atomic E-state index is 0. The molecule has 0 spiro atoms. The van der Waals surface area contributed by atoms with Gasteiger partial charge in [0.25, 0.3) is 0 Å². The van der Waals surface area contributed by atoms with Crippen LogP contribution in [0.4, 0.5) is 0 Å². The number of hydrogen-bond donors (Lipinski definition) is 0. The smallest absolute Gasteiger partial charge is 0.748 e. The summed E-state index contributed by atoms with van der Waals surface area (Å²) in [5.41, 5.74) is 1.05. The molecule has 0 atom stereocenters. The average molecular weight is 867 g/mol. The van der Waals surface area contributed by atoms with Crippen LogP contribution in [0.2, 0.25) is 0 Å². The van der Waals surface area contributed by atoms with Crippen LogP contribution in [0.3, 0.4) is 0 Å². The van der Waals surface area contributed by atoms with E-state index in [1.807, 2.05) is 18.2 Å². The molecule has 0 unspecified atom stereocenters. The van der Waals surface area contributed by atoms with Gasteiger partial charge in [-0.15, -0.1) is 0 Å². The fourth-order valence-corrected chi connectivity index (χ4v) is 5.23.